The summed E-state index contributed by atoms with van der Waals surface area (Å²) in [6.45, 7) is 2.58. The monoisotopic (exact) mass is 325 g/mol. The van der Waals surface area contributed by atoms with Crippen LogP contribution in [-0.2, 0) is 14.2 Å². The van der Waals surface area contributed by atoms with Crippen LogP contribution in [0, 0.1) is 29.6 Å². The van der Waals surface area contributed by atoms with Crippen LogP contribution in [0.1, 0.15) is 25.7 Å². The molecule has 0 heterocycles. The number of aliphatic hydroxyl groups excluding tert-OH is 1. The fraction of sp³-hybridized carbons (Fsp3) is 0.824. The number of carbonyl (C=O) groups excluding carboxylic acids is 1. The second-order valence-electron chi connectivity index (χ2n) is 5.90. The minimum absolute atomic E-state index is 0.0170. The van der Waals surface area contributed by atoms with Gasteiger partial charge in [0, 0.05) is 19.4 Å². The third-order valence-electron chi connectivity index (χ3n) is 4.37. The first-order valence-corrected chi connectivity index (χ1v) is 8.45. The van der Waals surface area contributed by atoms with Crippen LogP contribution in [0.4, 0.5) is 4.79 Å². The minimum Gasteiger partial charge on any atom is -0.449 e. The van der Waals surface area contributed by atoms with Crippen LogP contribution >= 0.6 is 0 Å². The van der Waals surface area contributed by atoms with Gasteiger partial charge in [-0.1, -0.05) is 0 Å². The largest absolute Gasteiger partial charge is 0.449 e. The Bertz CT molecular complexity index is 399. The molecule has 130 valence electrons. The molecule has 1 amide bonds. The quantitative estimate of drug-likeness (QED) is 0.466. The van der Waals surface area contributed by atoms with E-state index >= 15 is 0 Å². The van der Waals surface area contributed by atoms with Crippen molar-refractivity contribution in [3.8, 4) is 11.8 Å². The average molecular weight is 325 g/mol. The molecular weight excluding hydrogens is 298 g/mol. The highest BCUT2D eigenvalue weighted by atomic mass is 16.6. The smallest absolute Gasteiger partial charge is 0.407 e. The summed E-state index contributed by atoms with van der Waals surface area (Å²) < 4.78 is 15.6. The fourth-order valence-corrected chi connectivity index (χ4v) is 3.12. The zero-order valence-electron chi connectivity index (χ0n) is 13.6. The Labute approximate surface area is 137 Å². The summed E-state index contributed by atoms with van der Waals surface area (Å²) in [6.07, 6.45) is 3.85. The van der Waals surface area contributed by atoms with Crippen molar-refractivity contribution in [2.75, 3.05) is 46.2 Å². The standard InChI is InChI=1S/C17H27NO5/c19-8-10-22-12-11-21-9-7-18-17(20)23-13-16-14-5-3-1-2-4-6-15(14)16/h14-16,19H,3-13H2,(H,18,20)/t14-,15+,16?. The number of alkyl carbamates (subject to hydrolysis) is 1. The van der Waals surface area contributed by atoms with E-state index in [1.54, 1.807) is 0 Å². The SMILES string of the molecule is O=C(NCCOCCOCCO)OCC1[C@H]2CCC#CCC[C@@H]12. The zero-order valence-corrected chi connectivity index (χ0v) is 13.6. The van der Waals surface area contributed by atoms with Gasteiger partial charge in [-0.05, 0) is 30.6 Å². The zero-order chi connectivity index (χ0) is 16.3. The third kappa shape index (κ3) is 6.78. The van der Waals surface area contributed by atoms with Crippen molar-refractivity contribution < 1.29 is 24.1 Å². The molecule has 2 aliphatic rings. The van der Waals surface area contributed by atoms with Gasteiger partial charge in [-0.25, -0.2) is 4.79 Å². The van der Waals surface area contributed by atoms with Gasteiger partial charge in [-0.15, -0.1) is 11.8 Å². The summed E-state index contributed by atoms with van der Waals surface area (Å²) in [5.74, 6) is 8.26. The van der Waals surface area contributed by atoms with Gasteiger partial charge in [-0.3, -0.25) is 0 Å². The van der Waals surface area contributed by atoms with Gasteiger partial charge >= 0.3 is 6.09 Å². The number of rotatable bonds is 10. The predicted molar refractivity (Wildman–Crippen MR) is 84.8 cm³/mol. The summed E-state index contributed by atoms with van der Waals surface area (Å²) in [4.78, 5) is 11.6. The van der Waals surface area contributed by atoms with E-state index in [1.807, 2.05) is 0 Å². The van der Waals surface area contributed by atoms with Crippen molar-refractivity contribution in [1.82, 2.24) is 5.32 Å². The van der Waals surface area contributed by atoms with Gasteiger partial charge in [0.1, 0.15) is 0 Å². The molecule has 0 aromatic rings. The average Bonchev–Trinajstić information content (AvgIpc) is 3.17. The molecule has 6 heteroatoms. The minimum atomic E-state index is -0.374. The maximum atomic E-state index is 11.6. The number of ether oxygens (including phenoxy) is 3. The maximum absolute atomic E-state index is 11.6. The lowest BCUT2D eigenvalue weighted by molar-refractivity contribution is 0.0337. The van der Waals surface area contributed by atoms with Crippen molar-refractivity contribution in [2.24, 2.45) is 17.8 Å². The first-order valence-electron chi connectivity index (χ1n) is 8.45. The predicted octanol–water partition coefficient (Wildman–Crippen LogP) is 1.18. The number of fused-ring (bicyclic) bond motifs is 1. The van der Waals surface area contributed by atoms with Gasteiger partial charge < -0.3 is 24.6 Å². The van der Waals surface area contributed by atoms with Crippen LogP contribution in [-0.4, -0.2) is 57.4 Å². The number of aliphatic hydroxyl groups is 1. The van der Waals surface area contributed by atoms with Crippen LogP contribution in [0.2, 0.25) is 0 Å². The normalized spacial score (nSPS) is 25.3. The molecule has 2 rings (SSSR count). The Morgan fingerprint density at radius 2 is 1.70 bits per heavy atom. The molecule has 0 aromatic carbocycles. The molecule has 6 nitrogen and oxygen atoms in total. The topological polar surface area (TPSA) is 77.0 Å². The number of hydrogen-bond acceptors (Lipinski definition) is 5. The van der Waals surface area contributed by atoms with E-state index in [0.717, 1.165) is 25.7 Å². The highest BCUT2D eigenvalue weighted by Gasteiger charge is 2.49. The van der Waals surface area contributed by atoms with E-state index in [4.69, 9.17) is 19.3 Å². The van der Waals surface area contributed by atoms with Crippen molar-refractivity contribution >= 4 is 6.09 Å². The lowest BCUT2D eigenvalue weighted by Crippen LogP contribution is -2.29. The van der Waals surface area contributed by atoms with E-state index in [0.29, 0.717) is 57.3 Å². The molecule has 1 unspecified atom stereocenters. The van der Waals surface area contributed by atoms with Gasteiger partial charge in [0.15, 0.2) is 0 Å². The highest BCUT2D eigenvalue weighted by molar-refractivity contribution is 5.67. The summed E-state index contributed by atoms with van der Waals surface area (Å²) >= 11 is 0. The molecule has 0 saturated heterocycles. The Balaban J connectivity index is 1.44. The first-order chi connectivity index (χ1) is 11.3. The lowest BCUT2D eigenvalue weighted by Gasteiger charge is -2.08. The molecule has 1 saturated carbocycles. The van der Waals surface area contributed by atoms with E-state index < -0.39 is 0 Å². The molecule has 0 aromatic heterocycles. The molecule has 0 radical (unpaired) electrons. The van der Waals surface area contributed by atoms with Gasteiger partial charge in [0.2, 0.25) is 0 Å². The summed E-state index contributed by atoms with van der Waals surface area (Å²) in [5, 5.41) is 11.2. The number of nitrogens with one attached hydrogen (secondary N) is 1. The van der Waals surface area contributed by atoms with Crippen LogP contribution in [0.3, 0.4) is 0 Å². The number of amides is 1. The van der Waals surface area contributed by atoms with E-state index in [-0.39, 0.29) is 12.7 Å². The molecule has 1 fully saturated rings. The lowest BCUT2D eigenvalue weighted by atomic mass is 10.1. The molecular formula is C17H27NO5. The Morgan fingerprint density at radius 1 is 1.04 bits per heavy atom. The second-order valence-corrected chi connectivity index (χ2v) is 5.90. The summed E-state index contributed by atoms with van der Waals surface area (Å²) in [5.41, 5.74) is 0. The highest BCUT2D eigenvalue weighted by Crippen LogP contribution is 2.52. The van der Waals surface area contributed by atoms with Crippen LogP contribution in [0.5, 0.6) is 0 Å². The van der Waals surface area contributed by atoms with Crippen molar-refractivity contribution in [3.63, 3.8) is 0 Å². The van der Waals surface area contributed by atoms with Crippen LogP contribution in [0.15, 0.2) is 0 Å². The van der Waals surface area contributed by atoms with Gasteiger partial charge in [0.05, 0.1) is 39.6 Å². The summed E-state index contributed by atoms with van der Waals surface area (Å²) in [6, 6.07) is 0. The molecule has 23 heavy (non-hydrogen) atoms. The second kappa shape index (κ2) is 10.5. The Morgan fingerprint density at radius 3 is 2.35 bits per heavy atom. The third-order valence-corrected chi connectivity index (χ3v) is 4.37. The number of carbonyl (C=O) groups is 1. The van der Waals surface area contributed by atoms with Crippen LogP contribution in [0.25, 0.3) is 0 Å². The number of hydrogen-bond donors (Lipinski definition) is 2. The van der Waals surface area contributed by atoms with Crippen molar-refractivity contribution in [2.45, 2.75) is 25.7 Å². The molecule has 3 atom stereocenters. The van der Waals surface area contributed by atoms with E-state index in [1.165, 1.54) is 0 Å². The Hall–Kier alpha value is -1.29. The van der Waals surface area contributed by atoms with E-state index in [9.17, 15) is 4.79 Å². The Kier molecular flexibility index (Phi) is 8.23. The van der Waals surface area contributed by atoms with Crippen molar-refractivity contribution in [3.05, 3.63) is 0 Å². The molecule has 0 spiro atoms. The van der Waals surface area contributed by atoms with Gasteiger partial charge in [0.25, 0.3) is 0 Å². The van der Waals surface area contributed by atoms with Crippen LogP contribution < -0.4 is 5.32 Å². The van der Waals surface area contributed by atoms with E-state index in [2.05, 4.69) is 17.2 Å². The van der Waals surface area contributed by atoms with Gasteiger partial charge in [-0.2, -0.15) is 0 Å². The first kappa shape index (κ1) is 18.1. The maximum Gasteiger partial charge on any atom is 0.407 e. The molecule has 2 aliphatic carbocycles. The van der Waals surface area contributed by atoms with Crippen molar-refractivity contribution in [1.29, 1.82) is 0 Å². The molecule has 0 bridgehead atoms. The summed E-state index contributed by atoms with van der Waals surface area (Å²) in [7, 11) is 0. The fourth-order valence-electron chi connectivity index (χ4n) is 3.12. The molecule has 2 N–H and O–H groups in total. The molecule has 0 aliphatic heterocycles.